The lowest BCUT2D eigenvalue weighted by atomic mass is 9.76. The molecule has 2 aliphatic rings. The Bertz CT molecular complexity index is 896. The minimum Gasteiger partial charge on any atom is -0.394 e. The van der Waals surface area contributed by atoms with Crippen LogP contribution in [0.3, 0.4) is 0 Å². The van der Waals surface area contributed by atoms with Crippen molar-refractivity contribution in [1.29, 1.82) is 0 Å². The predicted octanol–water partition coefficient (Wildman–Crippen LogP) is 2.35. The molecule has 1 aliphatic carbocycles. The van der Waals surface area contributed by atoms with Gasteiger partial charge in [-0.25, -0.2) is 0 Å². The summed E-state index contributed by atoms with van der Waals surface area (Å²) < 4.78 is 5.64. The summed E-state index contributed by atoms with van der Waals surface area (Å²) in [5, 5.41) is 44.2. The van der Waals surface area contributed by atoms with Gasteiger partial charge in [0.1, 0.15) is 30.6 Å². The number of aliphatic hydroxyl groups is 4. The van der Waals surface area contributed by atoms with Crippen LogP contribution in [0.2, 0.25) is 10.0 Å². The fraction of sp³-hybridized carbons (Fsp3) is 0.455. The van der Waals surface area contributed by atoms with Crippen molar-refractivity contribution in [3.05, 3.63) is 69.2 Å². The first-order chi connectivity index (χ1) is 14.4. The van der Waals surface area contributed by atoms with E-state index in [-0.39, 0.29) is 12.0 Å². The van der Waals surface area contributed by atoms with Gasteiger partial charge in [-0.2, -0.15) is 0 Å². The van der Waals surface area contributed by atoms with E-state index in [0.717, 1.165) is 29.5 Å². The van der Waals surface area contributed by atoms with E-state index in [1.807, 2.05) is 30.3 Å². The first kappa shape index (κ1) is 22.0. The highest BCUT2D eigenvalue weighted by molar-refractivity contribution is 6.42. The summed E-state index contributed by atoms with van der Waals surface area (Å²) in [7, 11) is 0. The van der Waals surface area contributed by atoms with E-state index in [9.17, 15) is 20.4 Å². The van der Waals surface area contributed by atoms with E-state index in [2.05, 4.69) is 11.4 Å². The minimum absolute atomic E-state index is 0.123. The van der Waals surface area contributed by atoms with Gasteiger partial charge in [-0.1, -0.05) is 53.5 Å². The number of fused-ring (bicyclic) bond motifs is 1. The number of hydrogen-bond donors (Lipinski definition) is 5. The first-order valence-electron chi connectivity index (χ1n) is 10.0. The van der Waals surface area contributed by atoms with Crippen LogP contribution < -0.4 is 5.32 Å². The average molecular weight is 454 g/mol. The van der Waals surface area contributed by atoms with Crippen molar-refractivity contribution in [3.63, 3.8) is 0 Å². The second kappa shape index (κ2) is 9.10. The van der Waals surface area contributed by atoms with E-state index in [4.69, 9.17) is 27.9 Å². The number of ether oxygens (including phenoxy) is 1. The largest absolute Gasteiger partial charge is 0.394 e. The molecule has 7 atom stereocenters. The summed E-state index contributed by atoms with van der Waals surface area (Å²) in [6.45, 7) is -0.455. The van der Waals surface area contributed by atoms with E-state index in [0.29, 0.717) is 10.0 Å². The molecule has 162 valence electrons. The van der Waals surface area contributed by atoms with Crippen molar-refractivity contribution in [2.24, 2.45) is 0 Å². The van der Waals surface area contributed by atoms with Crippen LogP contribution in [0.25, 0.3) is 0 Å². The minimum atomic E-state index is -1.41. The van der Waals surface area contributed by atoms with Crippen molar-refractivity contribution in [1.82, 2.24) is 5.32 Å². The molecule has 30 heavy (non-hydrogen) atoms. The third-order valence-electron chi connectivity index (χ3n) is 6.09. The molecule has 0 aromatic heterocycles. The van der Waals surface area contributed by atoms with Gasteiger partial charge in [0, 0.05) is 12.0 Å². The summed E-state index contributed by atoms with van der Waals surface area (Å²) in [4.78, 5) is 0. The van der Waals surface area contributed by atoms with E-state index >= 15 is 0 Å². The van der Waals surface area contributed by atoms with E-state index < -0.39 is 37.3 Å². The van der Waals surface area contributed by atoms with Crippen LogP contribution in [-0.2, 0) is 4.74 Å². The second-order valence-corrected chi connectivity index (χ2v) is 8.72. The smallest absolute Gasteiger partial charge is 0.138 e. The number of hydrogen-bond acceptors (Lipinski definition) is 6. The average Bonchev–Trinajstić information content (AvgIpc) is 2.76. The van der Waals surface area contributed by atoms with Crippen LogP contribution in [0, 0.1) is 0 Å². The van der Waals surface area contributed by atoms with Gasteiger partial charge in [-0.3, -0.25) is 5.32 Å². The van der Waals surface area contributed by atoms with Gasteiger partial charge in [0.05, 0.1) is 16.7 Å². The highest BCUT2D eigenvalue weighted by atomic mass is 35.5. The van der Waals surface area contributed by atoms with Crippen LogP contribution in [0.4, 0.5) is 0 Å². The molecular formula is C22H25Cl2NO5. The number of rotatable bonds is 4. The van der Waals surface area contributed by atoms with E-state index in [1.165, 1.54) is 0 Å². The highest BCUT2D eigenvalue weighted by Crippen LogP contribution is 2.42. The Morgan fingerprint density at radius 1 is 0.900 bits per heavy atom. The zero-order valence-corrected chi connectivity index (χ0v) is 17.7. The Labute approximate surface area is 185 Å². The van der Waals surface area contributed by atoms with Gasteiger partial charge in [-0.05, 0) is 41.7 Å². The van der Waals surface area contributed by atoms with Gasteiger partial charge in [-0.15, -0.1) is 0 Å². The SMILES string of the molecule is OCC1OC(NC2CCC(c3ccc(Cl)c(Cl)c3)c3ccccc32)C(O)C(O)C1O. The standard InChI is InChI=1S/C22H25Cl2NO5/c23-15-7-5-11(9-16(15)24)12-6-8-17(14-4-2-1-3-13(12)14)25-22-21(29)20(28)19(27)18(10-26)30-22/h1-5,7,9,12,17-22,25-29H,6,8,10H2. The zero-order valence-electron chi connectivity index (χ0n) is 16.2. The molecule has 4 rings (SSSR count). The number of benzene rings is 2. The van der Waals surface area contributed by atoms with Crippen molar-refractivity contribution in [3.8, 4) is 0 Å². The lowest BCUT2D eigenvalue weighted by molar-refractivity contribution is -0.238. The topological polar surface area (TPSA) is 102 Å². The molecule has 5 N–H and O–H groups in total. The molecule has 1 heterocycles. The molecule has 1 aliphatic heterocycles. The highest BCUT2D eigenvalue weighted by Gasteiger charge is 2.44. The van der Waals surface area contributed by atoms with Gasteiger partial charge in [0.15, 0.2) is 0 Å². The maximum atomic E-state index is 10.4. The van der Waals surface area contributed by atoms with Crippen molar-refractivity contribution in [2.75, 3.05) is 6.61 Å². The molecule has 7 unspecified atom stereocenters. The molecular weight excluding hydrogens is 429 g/mol. The quantitative estimate of drug-likeness (QED) is 0.486. The first-order valence-corrected chi connectivity index (χ1v) is 10.8. The zero-order chi connectivity index (χ0) is 21.4. The third-order valence-corrected chi connectivity index (χ3v) is 6.83. The summed E-state index contributed by atoms with van der Waals surface area (Å²) in [5.74, 6) is 0.156. The van der Waals surface area contributed by atoms with Gasteiger partial charge >= 0.3 is 0 Å². The Kier molecular flexibility index (Phi) is 6.67. The fourth-order valence-corrected chi connectivity index (χ4v) is 4.78. The molecule has 0 spiro atoms. The summed E-state index contributed by atoms with van der Waals surface area (Å²) in [6, 6.07) is 13.6. The van der Waals surface area contributed by atoms with Crippen LogP contribution in [0.15, 0.2) is 42.5 Å². The maximum absolute atomic E-state index is 10.4. The molecule has 0 saturated carbocycles. The molecule has 0 amide bonds. The molecule has 2 aromatic rings. The monoisotopic (exact) mass is 453 g/mol. The predicted molar refractivity (Wildman–Crippen MR) is 114 cm³/mol. The lowest BCUT2D eigenvalue weighted by Crippen LogP contribution is -2.62. The van der Waals surface area contributed by atoms with Crippen LogP contribution in [0.5, 0.6) is 0 Å². The molecule has 6 nitrogen and oxygen atoms in total. The van der Waals surface area contributed by atoms with Gasteiger partial charge in [0.25, 0.3) is 0 Å². The van der Waals surface area contributed by atoms with Crippen molar-refractivity contribution in [2.45, 2.75) is 55.4 Å². The molecule has 2 aromatic carbocycles. The Hall–Kier alpha value is -1.22. The summed E-state index contributed by atoms with van der Waals surface area (Å²) in [6.07, 6.45) is -4.36. The van der Waals surface area contributed by atoms with Crippen LogP contribution >= 0.6 is 23.2 Å². The molecule has 0 bridgehead atoms. The summed E-state index contributed by atoms with van der Waals surface area (Å²) >= 11 is 12.3. The number of halogens is 2. The Balaban J connectivity index is 1.59. The van der Waals surface area contributed by atoms with Gasteiger partial charge in [0.2, 0.25) is 0 Å². The Morgan fingerprint density at radius 2 is 1.63 bits per heavy atom. The molecule has 8 heteroatoms. The normalized spacial score (nSPS) is 33.9. The number of aliphatic hydroxyl groups excluding tert-OH is 4. The maximum Gasteiger partial charge on any atom is 0.138 e. The van der Waals surface area contributed by atoms with Crippen molar-refractivity contribution < 1.29 is 25.2 Å². The summed E-state index contributed by atoms with van der Waals surface area (Å²) in [5.41, 5.74) is 3.30. The lowest BCUT2D eigenvalue weighted by Gasteiger charge is -2.43. The molecule has 1 fully saturated rings. The van der Waals surface area contributed by atoms with Crippen LogP contribution in [0.1, 0.15) is 41.5 Å². The van der Waals surface area contributed by atoms with Gasteiger partial charge < -0.3 is 25.2 Å². The van der Waals surface area contributed by atoms with Crippen molar-refractivity contribution >= 4 is 23.2 Å². The molecule has 1 saturated heterocycles. The molecule has 0 radical (unpaired) electrons. The third kappa shape index (κ3) is 4.11. The number of nitrogens with one attached hydrogen (secondary N) is 1. The second-order valence-electron chi connectivity index (χ2n) is 7.90. The van der Waals surface area contributed by atoms with Crippen LogP contribution in [-0.4, -0.2) is 57.7 Å². The Morgan fingerprint density at radius 3 is 2.33 bits per heavy atom. The van der Waals surface area contributed by atoms with E-state index in [1.54, 1.807) is 6.07 Å². The fourth-order valence-electron chi connectivity index (χ4n) is 4.48.